The van der Waals surface area contributed by atoms with Crippen molar-refractivity contribution in [2.24, 2.45) is 5.92 Å². The second-order valence-electron chi connectivity index (χ2n) is 6.45. The number of anilines is 1. The molecule has 0 spiro atoms. The van der Waals surface area contributed by atoms with Crippen molar-refractivity contribution in [3.63, 3.8) is 0 Å². The van der Waals surface area contributed by atoms with Gasteiger partial charge in [-0.05, 0) is 31.7 Å². The SMILES string of the molecule is Cc1cc(N(C)CC2CCCOC2)c(CNC(C)C)cn1. The summed E-state index contributed by atoms with van der Waals surface area (Å²) in [4.78, 5) is 6.82. The van der Waals surface area contributed by atoms with E-state index in [0.29, 0.717) is 12.0 Å². The third-order valence-electron chi connectivity index (χ3n) is 4.00. The first-order valence-corrected chi connectivity index (χ1v) is 8.04. The summed E-state index contributed by atoms with van der Waals surface area (Å²) < 4.78 is 5.60. The molecule has 1 unspecified atom stereocenters. The maximum atomic E-state index is 5.60. The van der Waals surface area contributed by atoms with Crippen molar-refractivity contribution in [2.45, 2.75) is 46.2 Å². The van der Waals surface area contributed by atoms with Crippen LogP contribution in [0.5, 0.6) is 0 Å². The van der Waals surface area contributed by atoms with Crippen LogP contribution >= 0.6 is 0 Å². The highest BCUT2D eigenvalue weighted by Gasteiger charge is 2.18. The molecule has 0 amide bonds. The van der Waals surface area contributed by atoms with Gasteiger partial charge in [0.1, 0.15) is 0 Å². The topological polar surface area (TPSA) is 37.4 Å². The van der Waals surface area contributed by atoms with E-state index in [1.54, 1.807) is 0 Å². The minimum atomic E-state index is 0.483. The lowest BCUT2D eigenvalue weighted by Crippen LogP contribution is -2.32. The van der Waals surface area contributed by atoms with E-state index in [9.17, 15) is 0 Å². The lowest BCUT2D eigenvalue weighted by molar-refractivity contribution is 0.0576. The molecule has 4 nitrogen and oxygen atoms in total. The highest BCUT2D eigenvalue weighted by molar-refractivity contribution is 5.53. The van der Waals surface area contributed by atoms with Crippen LogP contribution in [-0.2, 0) is 11.3 Å². The van der Waals surface area contributed by atoms with Gasteiger partial charge in [0.05, 0.1) is 6.61 Å². The number of aromatic nitrogens is 1. The van der Waals surface area contributed by atoms with E-state index in [1.165, 1.54) is 24.1 Å². The lowest BCUT2D eigenvalue weighted by Gasteiger charge is -2.30. The van der Waals surface area contributed by atoms with Crippen LogP contribution in [0, 0.1) is 12.8 Å². The summed E-state index contributed by atoms with van der Waals surface area (Å²) in [5.41, 5.74) is 3.64. The molecule has 118 valence electrons. The Hall–Kier alpha value is -1.13. The predicted octanol–water partition coefficient (Wildman–Crippen LogP) is 2.75. The minimum absolute atomic E-state index is 0.483. The third kappa shape index (κ3) is 4.97. The highest BCUT2D eigenvalue weighted by Crippen LogP contribution is 2.23. The van der Waals surface area contributed by atoms with Crippen LogP contribution in [0.2, 0.25) is 0 Å². The van der Waals surface area contributed by atoms with Crippen molar-refractivity contribution >= 4 is 5.69 Å². The van der Waals surface area contributed by atoms with E-state index < -0.39 is 0 Å². The maximum Gasteiger partial charge on any atom is 0.0511 e. The van der Waals surface area contributed by atoms with Gasteiger partial charge in [-0.15, -0.1) is 0 Å². The molecule has 0 aromatic carbocycles. The molecular formula is C17H29N3O. The number of hydrogen-bond donors (Lipinski definition) is 1. The monoisotopic (exact) mass is 291 g/mol. The van der Waals surface area contributed by atoms with Crippen LogP contribution in [0.4, 0.5) is 5.69 Å². The van der Waals surface area contributed by atoms with Gasteiger partial charge >= 0.3 is 0 Å². The van der Waals surface area contributed by atoms with Gasteiger partial charge in [0.15, 0.2) is 0 Å². The Labute approximate surface area is 128 Å². The van der Waals surface area contributed by atoms with Gasteiger partial charge in [-0.3, -0.25) is 4.98 Å². The van der Waals surface area contributed by atoms with E-state index in [1.807, 2.05) is 6.20 Å². The molecule has 21 heavy (non-hydrogen) atoms. The smallest absolute Gasteiger partial charge is 0.0511 e. The molecule has 1 aliphatic heterocycles. The average molecular weight is 291 g/mol. The van der Waals surface area contributed by atoms with E-state index in [-0.39, 0.29) is 0 Å². The second kappa shape index (κ2) is 7.76. The molecule has 4 heteroatoms. The molecule has 1 atom stereocenters. The number of nitrogens with zero attached hydrogens (tertiary/aromatic N) is 2. The molecule has 0 radical (unpaired) electrons. The molecular weight excluding hydrogens is 262 g/mol. The fourth-order valence-electron chi connectivity index (χ4n) is 2.82. The van der Waals surface area contributed by atoms with Crippen molar-refractivity contribution in [3.05, 3.63) is 23.5 Å². The first-order valence-electron chi connectivity index (χ1n) is 8.04. The summed E-state index contributed by atoms with van der Waals surface area (Å²) in [6.45, 7) is 10.1. The number of hydrogen-bond acceptors (Lipinski definition) is 4. The summed E-state index contributed by atoms with van der Waals surface area (Å²) in [5, 5.41) is 3.49. The van der Waals surface area contributed by atoms with Crippen LogP contribution in [-0.4, -0.2) is 37.8 Å². The zero-order valence-electron chi connectivity index (χ0n) is 13.9. The Morgan fingerprint density at radius 3 is 2.95 bits per heavy atom. The Morgan fingerprint density at radius 1 is 1.48 bits per heavy atom. The number of rotatable bonds is 6. The maximum absolute atomic E-state index is 5.60. The van der Waals surface area contributed by atoms with Crippen molar-refractivity contribution in [2.75, 3.05) is 31.7 Å². The standard InChI is InChI=1S/C17H29N3O/c1-13(2)18-9-16-10-19-14(3)8-17(16)20(4)11-15-6-5-7-21-12-15/h8,10,13,15,18H,5-7,9,11-12H2,1-4H3. The molecule has 1 aromatic heterocycles. The van der Waals surface area contributed by atoms with Gasteiger partial charge in [-0.2, -0.15) is 0 Å². The van der Waals surface area contributed by atoms with Crippen LogP contribution in [0.1, 0.15) is 37.9 Å². The van der Waals surface area contributed by atoms with Gasteiger partial charge in [0, 0.05) is 55.9 Å². The van der Waals surface area contributed by atoms with Gasteiger partial charge in [0.2, 0.25) is 0 Å². The van der Waals surface area contributed by atoms with Gasteiger partial charge < -0.3 is 15.0 Å². The van der Waals surface area contributed by atoms with E-state index >= 15 is 0 Å². The van der Waals surface area contributed by atoms with Crippen LogP contribution < -0.4 is 10.2 Å². The van der Waals surface area contributed by atoms with Gasteiger partial charge in [-0.25, -0.2) is 0 Å². The summed E-state index contributed by atoms with van der Waals surface area (Å²) in [6, 6.07) is 2.68. The Morgan fingerprint density at radius 2 is 2.29 bits per heavy atom. The van der Waals surface area contributed by atoms with E-state index in [0.717, 1.165) is 32.0 Å². The molecule has 1 aliphatic rings. The first-order chi connectivity index (χ1) is 10.1. The molecule has 1 aromatic rings. The summed E-state index contributed by atoms with van der Waals surface area (Å²) >= 11 is 0. The van der Waals surface area contributed by atoms with Crippen LogP contribution in [0.15, 0.2) is 12.3 Å². The average Bonchev–Trinajstić information content (AvgIpc) is 2.46. The summed E-state index contributed by atoms with van der Waals surface area (Å²) in [7, 11) is 2.18. The van der Waals surface area contributed by atoms with Gasteiger partial charge in [0.25, 0.3) is 0 Å². The normalized spacial score (nSPS) is 19.0. The number of aryl methyl sites for hydroxylation is 1. The molecule has 1 saturated heterocycles. The number of pyridine rings is 1. The van der Waals surface area contributed by atoms with Crippen LogP contribution in [0.25, 0.3) is 0 Å². The molecule has 1 fully saturated rings. The summed E-state index contributed by atoms with van der Waals surface area (Å²) in [6.07, 6.45) is 4.47. The van der Waals surface area contributed by atoms with Crippen molar-refractivity contribution in [3.8, 4) is 0 Å². The fourth-order valence-corrected chi connectivity index (χ4v) is 2.82. The third-order valence-corrected chi connectivity index (χ3v) is 4.00. The minimum Gasteiger partial charge on any atom is -0.381 e. The first kappa shape index (κ1) is 16.2. The fraction of sp³-hybridized carbons (Fsp3) is 0.706. The van der Waals surface area contributed by atoms with Crippen molar-refractivity contribution in [1.82, 2.24) is 10.3 Å². The van der Waals surface area contributed by atoms with Gasteiger partial charge in [-0.1, -0.05) is 13.8 Å². The number of ether oxygens (including phenoxy) is 1. The van der Waals surface area contributed by atoms with Crippen molar-refractivity contribution in [1.29, 1.82) is 0 Å². The van der Waals surface area contributed by atoms with Crippen LogP contribution in [0.3, 0.4) is 0 Å². The zero-order valence-corrected chi connectivity index (χ0v) is 13.9. The quantitative estimate of drug-likeness (QED) is 0.874. The van der Waals surface area contributed by atoms with E-state index in [4.69, 9.17) is 4.74 Å². The molecule has 1 N–H and O–H groups in total. The second-order valence-corrected chi connectivity index (χ2v) is 6.45. The molecule has 0 saturated carbocycles. The largest absolute Gasteiger partial charge is 0.381 e. The molecule has 2 heterocycles. The molecule has 0 aliphatic carbocycles. The Balaban J connectivity index is 2.06. The predicted molar refractivity (Wildman–Crippen MR) is 87.8 cm³/mol. The van der Waals surface area contributed by atoms with E-state index in [2.05, 4.69) is 49.1 Å². The number of nitrogens with one attached hydrogen (secondary N) is 1. The lowest BCUT2D eigenvalue weighted by atomic mass is 10.0. The highest BCUT2D eigenvalue weighted by atomic mass is 16.5. The van der Waals surface area contributed by atoms with Crippen molar-refractivity contribution < 1.29 is 4.74 Å². The Kier molecular flexibility index (Phi) is 6.00. The zero-order chi connectivity index (χ0) is 15.2. The molecule has 0 bridgehead atoms. The summed E-state index contributed by atoms with van der Waals surface area (Å²) in [5.74, 6) is 0.642. The Bertz CT molecular complexity index is 442. The molecule has 2 rings (SSSR count).